The van der Waals surface area contributed by atoms with Crippen LogP contribution in [0.4, 0.5) is 0 Å². The average Bonchev–Trinajstić information content (AvgIpc) is 2.55. The Morgan fingerprint density at radius 3 is 2.52 bits per heavy atom. The first-order valence-corrected chi connectivity index (χ1v) is 8.30. The molecule has 0 spiro atoms. The van der Waals surface area contributed by atoms with Gasteiger partial charge in [0.1, 0.15) is 12.4 Å². The Labute approximate surface area is 147 Å². The lowest BCUT2D eigenvalue weighted by atomic mass is 10.2. The first-order chi connectivity index (χ1) is 11.2. The van der Waals surface area contributed by atoms with Crippen molar-refractivity contribution in [1.29, 1.82) is 0 Å². The molecule has 3 nitrogen and oxygen atoms in total. The molecule has 0 saturated carbocycles. The van der Waals surface area contributed by atoms with Crippen molar-refractivity contribution in [1.82, 2.24) is 5.32 Å². The normalized spacial score (nSPS) is 10.7. The monoisotopic (exact) mass is 353 g/mol. The number of nitrogens with one attached hydrogen (secondary N) is 1. The Hall–Kier alpha value is -1.26. The van der Waals surface area contributed by atoms with Gasteiger partial charge in [0.05, 0.1) is 0 Å². The lowest BCUT2D eigenvalue weighted by Crippen LogP contribution is -2.16. The topological polar surface area (TPSA) is 30.5 Å². The fraction of sp³-hybridized carbons (Fsp3) is 0.333. The van der Waals surface area contributed by atoms with E-state index < -0.39 is 0 Å². The maximum absolute atomic E-state index is 6.15. The van der Waals surface area contributed by atoms with Crippen LogP contribution in [-0.4, -0.2) is 20.3 Å². The lowest BCUT2D eigenvalue weighted by Gasteiger charge is -2.11. The molecule has 2 aromatic rings. The molecule has 0 atom stereocenters. The third-order valence-corrected chi connectivity index (χ3v) is 4.08. The predicted octanol–water partition coefficient (Wildman–Crippen LogP) is 4.70. The molecule has 5 heteroatoms. The summed E-state index contributed by atoms with van der Waals surface area (Å²) < 4.78 is 10.8. The SMILES string of the molecule is COCCCNCc1cccc(OCc2c(Cl)cccc2Cl)c1. The van der Waals surface area contributed by atoms with Crippen molar-refractivity contribution in [2.45, 2.75) is 19.6 Å². The fourth-order valence-corrected chi connectivity index (χ4v) is 2.65. The van der Waals surface area contributed by atoms with Crippen molar-refractivity contribution < 1.29 is 9.47 Å². The van der Waals surface area contributed by atoms with Crippen molar-refractivity contribution in [3.05, 3.63) is 63.6 Å². The highest BCUT2D eigenvalue weighted by Crippen LogP contribution is 2.26. The molecule has 124 valence electrons. The smallest absolute Gasteiger partial charge is 0.120 e. The molecule has 0 heterocycles. The maximum Gasteiger partial charge on any atom is 0.120 e. The molecule has 0 radical (unpaired) electrons. The minimum atomic E-state index is 0.350. The molecule has 1 N–H and O–H groups in total. The van der Waals surface area contributed by atoms with Gasteiger partial charge in [0.25, 0.3) is 0 Å². The van der Waals surface area contributed by atoms with E-state index in [9.17, 15) is 0 Å². The van der Waals surface area contributed by atoms with Gasteiger partial charge in [0.2, 0.25) is 0 Å². The van der Waals surface area contributed by atoms with E-state index in [1.165, 1.54) is 5.56 Å². The van der Waals surface area contributed by atoms with E-state index in [0.29, 0.717) is 16.7 Å². The Balaban J connectivity index is 1.87. The Morgan fingerprint density at radius 1 is 1.04 bits per heavy atom. The summed E-state index contributed by atoms with van der Waals surface area (Å²) in [5, 5.41) is 4.62. The van der Waals surface area contributed by atoms with Gasteiger partial charge in [0, 0.05) is 35.9 Å². The number of hydrogen-bond acceptors (Lipinski definition) is 3. The van der Waals surface area contributed by atoms with Gasteiger partial charge in [-0.1, -0.05) is 41.4 Å². The minimum Gasteiger partial charge on any atom is -0.489 e. The first kappa shape index (κ1) is 18.1. The van der Waals surface area contributed by atoms with Crippen molar-refractivity contribution >= 4 is 23.2 Å². The maximum atomic E-state index is 6.15. The highest BCUT2D eigenvalue weighted by molar-refractivity contribution is 6.35. The second kappa shape index (κ2) is 9.78. The predicted molar refractivity (Wildman–Crippen MR) is 95.4 cm³/mol. The van der Waals surface area contributed by atoms with E-state index in [1.807, 2.05) is 36.4 Å². The summed E-state index contributed by atoms with van der Waals surface area (Å²) in [6.45, 7) is 2.85. The van der Waals surface area contributed by atoms with Gasteiger partial charge in [-0.3, -0.25) is 0 Å². The first-order valence-electron chi connectivity index (χ1n) is 7.55. The van der Waals surface area contributed by atoms with Crippen molar-refractivity contribution in [3.63, 3.8) is 0 Å². The van der Waals surface area contributed by atoms with E-state index in [2.05, 4.69) is 11.4 Å². The van der Waals surface area contributed by atoms with Crippen LogP contribution in [0, 0.1) is 0 Å². The van der Waals surface area contributed by atoms with Gasteiger partial charge in [-0.25, -0.2) is 0 Å². The molecule has 0 bridgehead atoms. The highest BCUT2D eigenvalue weighted by atomic mass is 35.5. The summed E-state index contributed by atoms with van der Waals surface area (Å²) in [7, 11) is 1.71. The number of benzene rings is 2. The van der Waals surface area contributed by atoms with Gasteiger partial charge < -0.3 is 14.8 Å². The molecule has 0 amide bonds. The number of rotatable bonds is 9. The molecule has 23 heavy (non-hydrogen) atoms. The quantitative estimate of drug-likeness (QED) is 0.662. The number of hydrogen-bond donors (Lipinski definition) is 1. The lowest BCUT2D eigenvalue weighted by molar-refractivity contribution is 0.194. The molecule has 0 saturated heterocycles. The van der Waals surface area contributed by atoms with Crippen LogP contribution in [0.3, 0.4) is 0 Å². The summed E-state index contributed by atoms with van der Waals surface area (Å²) in [5.41, 5.74) is 1.98. The van der Waals surface area contributed by atoms with E-state index in [4.69, 9.17) is 32.7 Å². The molecule has 0 aliphatic heterocycles. The zero-order valence-corrected chi connectivity index (χ0v) is 14.7. The van der Waals surface area contributed by atoms with Crippen LogP contribution >= 0.6 is 23.2 Å². The Bertz CT molecular complexity index is 599. The largest absolute Gasteiger partial charge is 0.489 e. The van der Waals surface area contributed by atoms with Gasteiger partial charge in [-0.15, -0.1) is 0 Å². The van der Waals surface area contributed by atoms with E-state index in [1.54, 1.807) is 7.11 Å². The summed E-state index contributed by atoms with van der Waals surface area (Å²) in [5.74, 6) is 0.803. The second-order valence-electron chi connectivity index (χ2n) is 5.16. The van der Waals surface area contributed by atoms with Crippen LogP contribution in [0.25, 0.3) is 0 Å². The molecule has 0 aromatic heterocycles. The van der Waals surface area contributed by atoms with Gasteiger partial charge in [-0.05, 0) is 42.8 Å². The molecule has 2 rings (SSSR count). The van der Waals surface area contributed by atoms with E-state index in [-0.39, 0.29) is 0 Å². The van der Waals surface area contributed by atoms with E-state index in [0.717, 1.165) is 37.4 Å². The van der Waals surface area contributed by atoms with Gasteiger partial charge in [0.15, 0.2) is 0 Å². The number of ether oxygens (including phenoxy) is 2. The van der Waals surface area contributed by atoms with Crippen LogP contribution < -0.4 is 10.1 Å². The Kier molecular flexibility index (Phi) is 7.69. The summed E-state index contributed by atoms with van der Waals surface area (Å²) in [6.07, 6.45) is 0.998. The van der Waals surface area contributed by atoms with Crippen LogP contribution in [0.15, 0.2) is 42.5 Å². The molecule has 2 aromatic carbocycles. The molecular formula is C18H21Cl2NO2. The zero-order valence-electron chi connectivity index (χ0n) is 13.1. The van der Waals surface area contributed by atoms with Crippen molar-refractivity contribution in [2.24, 2.45) is 0 Å². The number of halogens is 2. The third kappa shape index (κ3) is 6.04. The number of methoxy groups -OCH3 is 1. The molecule has 0 aliphatic rings. The standard InChI is InChI=1S/C18H21Cl2NO2/c1-22-10-4-9-21-12-14-5-2-6-15(11-14)23-13-16-17(19)7-3-8-18(16)20/h2-3,5-8,11,21H,4,9-10,12-13H2,1H3. The minimum absolute atomic E-state index is 0.350. The van der Waals surface area contributed by atoms with Crippen LogP contribution in [-0.2, 0) is 17.9 Å². The Morgan fingerprint density at radius 2 is 1.78 bits per heavy atom. The fourth-order valence-electron chi connectivity index (χ4n) is 2.15. The summed E-state index contributed by atoms with van der Waals surface area (Å²) >= 11 is 12.3. The van der Waals surface area contributed by atoms with Crippen molar-refractivity contribution in [2.75, 3.05) is 20.3 Å². The summed E-state index contributed by atoms with van der Waals surface area (Å²) in [4.78, 5) is 0. The van der Waals surface area contributed by atoms with Crippen molar-refractivity contribution in [3.8, 4) is 5.75 Å². The van der Waals surface area contributed by atoms with Crippen LogP contribution in [0.5, 0.6) is 5.75 Å². The van der Waals surface area contributed by atoms with Gasteiger partial charge in [-0.2, -0.15) is 0 Å². The van der Waals surface area contributed by atoms with Crippen LogP contribution in [0.1, 0.15) is 17.5 Å². The third-order valence-electron chi connectivity index (χ3n) is 3.37. The summed E-state index contributed by atoms with van der Waals surface area (Å²) in [6, 6.07) is 13.4. The van der Waals surface area contributed by atoms with Gasteiger partial charge >= 0.3 is 0 Å². The molecule has 0 unspecified atom stereocenters. The highest BCUT2D eigenvalue weighted by Gasteiger charge is 2.06. The molecular weight excluding hydrogens is 333 g/mol. The average molecular weight is 354 g/mol. The molecule has 0 fully saturated rings. The second-order valence-corrected chi connectivity index (χ2v) is 5.97. The van der Waals surface area contributed by atoms with Crippen LogP contribution in [0.2, 0.25) is 10.0 Å². The molecule has 0 aliphatic carbocycles. The zero-order chi connectivity index (χ0) is 16.5. The van der Waals surface area contributed by atoms with E-state index >= 15 is 0 Å².